The van der Waals surface area contributed by atoms with Crippen molar-refractivity contribution in [2.75, 3.05) is 13.1 Å². The lowest BCUT2D eigenvalue weighted by Gasteiger charge is -2.25. The van der Waals surface area contributed by atoms with E-state index in [2.05, 4.69) is 34.5 Å². The molecule has 3 N–H and O–H groups in total. The topological polar surface area (TPSA) is 58.4 Å². The highest BCUT2D eigenvalue weighted by molar-refractivity contribution is 5.81. The number of amides is 1. The number of nitrogens with one attached hydrogen (secondary N) is 1. The summed E-state index contributed by atoms with van der Waals surface area (Å²) in [7, 11) is 0. The van der Waals surface area contributed by atoms with Gasteiger partial charge >= 0.3 is 0 Å². The fourth-order valence-electron chi connectivity index (χ4n) is 2.79. The first-order valence-electron chi connectivity index (χ1n) is 7.89. The molecule has 0 bridgehead atoms. The minimum Gasteiger partial charge on any atom is -0.353 e. The van der Waals surface area contributed by atoms with Crippen molar-refractivity contribution in [2.24, 2.45) is 11.7 Å². The molecule has 0 unspecified atom stereocenters. The van der Waals surface area contributed by atoms with Crippen molar-refractivity contribution in [3.05, 3.63) is 35.9 Å². The van der Waals surface area contributed by atoms with Gasteiger partial charge in [0.2, 0.25) is 5.91 Å². The van der Waals surface area contributed by atoms with E-state index in [4.69, 9.17) is 5.73 Å². The first kappa shape index (κ1) is 16.0. The van der Waals surface area contributed by atoms with Crippen molar-refractivity contribution in [1.82, 2.24) is 10.2 Å². The van der Waals surface area contributed by atoms with Crippen molar-refractivity contribution < 1.29 is 4.79 Å². The second kappa shape index (κ2) is 7.57. The SMILES string of the molecule is CC(C)[C@H](N)C(=O)NC[C@H]1CCCN1Cc1ccccc1. The maximum atomic E-state index is 12.0. The third-order valence-electron chi connectivity index (χ3n) is 4.26. The molecule has 116 valence electrons. The molecule has 0 aromatic heterocycles. The Bertz CT molecular complexity index is 447. The molecule has 1 aliphatic heterocycles. The summed E-state index contributed by atoms with van der Waals surface area (Å²) < 4.78 is 0. The predicted octanol–water partition coefficient (Wildman–Crippen LogP) is 1.75. The second-order valence-corrected chi connectivity index (χ2v) is 6.27. The summed E-state index contributed by atoms with van der Waals surface area (Å²) in [6.45, 7) is 6.71. The van der Waals surface area contributed by atoms with E-state index >= 15 is 0 Å². The van der Waals surface area contributed by atoms with Crippen LogP contribution in [-0.2, 0) is 11.3 Å². The van der Waals surface area contributed by atoms with Crippen LogP contribution >= 0.6 is 0 Å². The largest absolute Gasteiger partial charge is 0.353 e. The zero-order valence-electron chi connectivity index (χ0n) is 13.1. The van der Waals surface area contributed by atoms with E-state index in [1.807, 2.05) is 19.9 Å². The van der Waals surface area contributed by atoms with Gasteiger partial charge in [-0.1, -0.05) is 44.2 Å². The fourth-order valence-corrected chi connectivity index (χ4v) is 2.79. The average molecular weight is 289 g/mol. The van der Waals surface area contributed by atoms with Crippen LogP contribution in [0.4, 0.5) is 0 Å². The van der Waals surface area contributed by atoms with Crippen molar-refractivity contribution in [2.45, 2.75) is 45.3 Å². The Labute approximate surface area is 127 Å². The number of benzene rings is 1. The van der Waals surface area contributed by atoms with E-state index in [0.29, 0.717) is 12.6 Å². The molecule has 0 saturated carbocycles. The van der Waals surface area contributed by atoms with E-state index in [1.165, 1.54) is 12.0 Å². The van der Waals surface area contributed by atoms with Crippen LogP contribution in [0.25, 0.3) is 0 Å². The number of carbonyl (C=O) groups is 1. The maximum absolute atomic E-state index is 12.0. The van der Waals surface area contributed by atoms with Crippen LogP contribution in [0.3, 0.4) is 0 Å². The van der Waals surface area contributed by atoms with Gasteiger partial charge < -0.3 is 11.1 Å². The molecule has 1 aromatic carbocycles. The quantitative estimate of drug-likeness (QED) is 0.839. The normalized spacial score (nSPS) is 20.7. The lowest BCUT2D eigenvalue weighted by atomic mass is 10.0. The number of carbonyl (C=O) groups excluding carboxylic acids is 1. The average Bonchev–Trinajstić information content (AvgIpc) is 2.92. The van der Waals surface area contributed by atoms with E-state index in [0.717, 1.165) is 19.5 Å². The highest BCUT2D eigenvalue weighted by Crippen LogP contribution is 2.19. The number of likely N-dealkylation sites (tertiary alicyclic amines) is 1. The summed E-state index contributed by atoms with van der Waals surface area (Å²) in [5.74, 6) is 0.144. The monoisotopic (exact) mass is 289 g/mol. The van der Waals surface area contributed by atoms with Gasteiger partial charge in [0.05, 0.1) is 6.04 Å². The molecule has 1 aromatic rings. The summed E-state index contributed by atoms with van der Waals surface area (Å²) >= 11 is 0. The van der Waals surface area contributed by atoms with Crippen molar-refractivity contribution in [3.8, 4) is 0 Å². The molecule has 4 heteroatoms. The molecule has 0 radical (unpaired) electrons. The van der Waals surface area contributed by atoms with E-state index in [1.54, 1.807) is 0 Å². The van der Waals surface area contributed by atoms with Crippen LogP contribution in [0.2, 0.25) is 0 Å². The predicted molar refractivity (Wildman–Crippen MR) is 85.7 cm³/mol. The number of nitrogens with two attached hydrogens (primary N) is 1. The van der Waals surface area contributed by atoms with Crippen LogP contribution in [0.1, 0.15) is 32.3 Å². The standard InChI is InChI=1S/C17H27N3O/c1-13(2)16(18)17(21)19-11-15-9-6-10-20(15)12-14-7-4-3-5-8-14/h3-5,7-8,13,15-16H,6,9-12,18H2,1-2H3,(H,19,21)/t15-,16+/m1/s1. The maximum Gasteiger partial charge on any atom is 0.237 e. The molecule has 1 aliphatic rings. The van der Waals surface area contributed by atoms with Gasteiger partial charge in [-0.3, -0.25) is 9.69 Å². The van der Waals surface area contributed by atoms with Gasteiger partial charge in [0.15, 0.2) is 0 Å². The van der Waals surface area contributed by atoms with Crippen LogP contribution in [0, 0.1) is 5.92 Å². The van der Waals surface area contributed by atoms with Crippen LogP contribution in [0.15, 0.2) is 30.3 Å². The molecule has 21 heavy (non-hydrogen) atoms. The molecule has 0 spiro atoms. The fraction of sp³-hybridized carbons (Fsp3) is 0.588. The molecule has 1 amide bonds. The van der Waals surface area contributed by atoms with Crippen LogP contribution in [-0.4, -0.2) is 36.0 Å². The Morgan fingerprint density at radius 3 is 2.76 bits per heavy atom. The van der Waals surface area contributed by atoms with Gasteiger partial charge in [0.1, 0.15) is 0 Å². The van der Waals surface area contributed by atoms with E-state index in [-0.39, 0.29) is 11.8 Å². The Kier molecular flexibility index (Phi) is 5.76. The lowest BCUT2D eigenvalue weighted by molar-refractivity contribution is -0.123. The summed E-state index contributed by atoms with van der Waals surface area (Å²) in [6.07, 6.45) is 2.34. The Morgan fingerprint density at radius 1 is 1.38 bits per heavy atom. The molecular formula is C17H27N3O. The van der Waals surface area contributed by atoms with E-state index in [9.17, 15) is 4.79 Å². The highest BCUT2D eigenvalue weighted by atomic mass is 16.2. The molecule has 4 nitrogen and oxygen atoms in total. The number of nitrogens with zero attached hydrogens (tertiary/aromatic N) is 1. The third-order valence-corrected chi connectivity index (χ3v) is 4.26. The summed E-state index contributed by atoms with van der Waals surface area (Å²) in [5, 5.41) is 3.02. The summed E-state index contributed by atoms with van der Waals surface area (Å²) in [6, 6.07) is 10.5. The molecule has 2 atom stereocenters. The van der Waals surface area contributed by atoms with E-state index < -0.39 is 6.04 Å². The van der Waals surface area contributed by atoms with Crippen LogP contribution in [0.5, 0.6) is 0 Å². The highest BCUT2D eigenvalue weighted by Gasteiger charge is 2.26. The molecule has 1 fully saturated rings. The van der Waals surface area contributed by atoms with Gasteiger partial charge in [-0.2, -0.15) is 0 Å². The van der Waals surface area contributed by atoms with Crippen LogP contribution < -0.4 is 11.1 Å². The Morgan fingerprint density at radius 2 is 2.10 bits per heavy atom. The second-order valence-electron chi connectivity index (χ2n) is 6.27. The van der Waals surface area contributed by atoms with Crippen molar-refractivity contribution >= 4 is 5.91 Å². The zero-order valence-corrected chi connectivity index (χ0v) is 13.1. The zero-order chi connectivity index (χ0) is 15.2. The van der Waals surface area contributed by atoms with Gasteiger partial charge in [-0.25, -0.2) is 0 Å². The molecule has 1 saturated heterocycles. The van der Waals surface area contributed by atoms with Gasteiger partial charge in [0, 0.05) is 19.1 Å². The number of rotatable bonds is 6. The lowest BCUT2D eigenvalue weighted by Crippen LogP contribution is -2.48. The Balaban J connectivity index is 1.83. The van der Waals surface area contributed by atoms with Crippen molar-refractivity contribution in [1.29, 1.82) is 0 Å². The van der Waals surface area contributed by atoms with Gasteiger partial charge in [-0.15, -0.1) is 0 Å². The van der Waals surface area contributed by atoms with Gasteiger partial charge in [0.25, 0.3) is 0 Å². The molecule has 1 heterocycles. The Hall–Kier alpha value is -1.39. The van der Waals surface area contributed by atoms with Crippen molar-refractivity contribution in [3.63, 3.8) is 0 Å². The first-order valence-corrected chi connectivity index (χ1v) is 7.89. The molecule has 2 rings (SSSR count). The minimum absolute atomic E-state index is 0.0310. The van der Waals surface area contributed by atoms with Gasteiger partial charge in [-0.05, 0) is 30.9 Å². The third kappa shape index (κ3) is 4.55. The summed E-state index contributed by atoms with van der Waals surface area (Å²) in [4.78, 5) is 14.4. The molecular weight excluding hydrogens is 262 g/mol. The minimum atomic E-state index is -0.408. The number of hydrogen-bond donors (Lipinski definition) is 2. The number of hydrogen-bond acceptors (Lipinski definition) is 3. The first-order chi connectivity index (χ1) is 10.1. The summed E-state index contributed by atoms with van der Waals surface area (Å²) in [5.41, 5.74) is 7.21. The molecule has 0 aliphatic carbocycles. The smallest absolute Gasteiger partial charge is 0.237 e.